The van der Waals surface area contributed by atoms with Gasteiger partial charge in [-0.05, 0) is 24.1 Å². The van der Waals surface area contributed by atoms with Crippen LogP contribution >= 0.6 is 0 Å². The minimum Gasteiger partial charge on any atom is -0.468 e. The Hall–Kier alpha value is -1.42. The fourth-order valence-electron chi connectivity index (χ4n) is 1.01. The summed E-state index contributed by atoms with van der Waals surface area (Å²) in [6.45, 7) is 0. The molecule has 4 nitrogen and oxygen atoms in total. The molecule has 0 radical (unpaired) electrons. The standard InChI is InChI=1S/C9H12N2O2/c1-13-9(12)8(10)6-7-2-4-11-5-3-7/h2-5,8H,6,10H2,1H3. The van der Waals surface area contributed by atoms with E-state index in [1.807, 2.05) is 12.1 Å². The van der Waals surface area contributed by atoms with Crippen molar-refractivity contribution >= 4 is 5.97 Å². The lowest BCUT2D eigenvalue weighted by Crippen LogP contribution is -2.33. The first-order chi connectivity index (χ1) is 6.24. The molecule has 0 saturated heterocycles. The molecule has 1 rings (SSSR count). The molecular weight excluding hydrogens is 168 g/mol. The number of methoxy groups -OCH3 is 1. The van der Waals surface area contributed by atoms with E-state index in [2.05, 4.69) is 9.72 Å². The fourth-order valence-corrected chi connectivity index (χ4v) is 1.01. The average Bonchev–Trinajstić information content (AvgIpc) is 2.18. The number of pyridine rings is 1. The number of hydrogen-bond donors (Lipinski definition) is 1. The molecule has 4 heteroatoms. The van der Waals surface area contributed by atoms with Crippen LogP contribution in [0, 0.1) is 0 Å². The van der Waals surface area contributed by atoms with Gasteiger partial charge in [0.25, 0.3) is 0 Å². The Balaban J connectivity index is 2.55. The second-order valence-corrected chi connectivity index (χ2v) is 2.69. The number of carbonyl (C=O) groups excluding carboxylic acids is 1. The van der Waals surface area contributed by atoms with Gasteiger partial charge in [0.2, 0.25) is 0 Å². The van der Waals surface area contributed by atoms with Crippen molar-refractivity contribution in [2.45, 2.75) is 12.5 Å². The van der Waals surface area contributed by atoms with E-state index in [9.17, 15) is 4.79 Å². The Bertz CT molecular complexity index is 274. The lowest BCUT2D eigenvalue weighted by atomic mass is 10.1. The first kappa shape index (κ1) is 9.67. The minimum absolute atomic E-state index is 0.392. The maximum absolute atomic E-state index is 11.0. The van der Waals surface area contributed by atoms with Crippen LogP contribution in [-0.2, 0) is 16.0 Å². The average molecular weight is 180 g/mol. The normalized spacial score (nSPS) is 12.2. The van der Waals surface area contributed by atoms with E-state index in [0.29, 0.717) is 6.42 Å². The summed E-state index contributed by atoms with van der Waals surface area (Å²) >= 11 is 0. The van der Waals surface area contributed by atoms with Crippen LogP contribution in [0.25, 0.3) is 0 Å². The second kappa shape index (κ2) is 4.57. The third kappa shape index (κ3) is 2.83. The van der Waals surface area contributed by atoms with Crippen molar-refractivity contribution in [1.82, 2.24) is 4.98 Å². The number of nitrogens with two attached hydrogens (primary N) is 1. The van der Waals surface area contributed by atoms with Crippen LogP contribution in [0.15, 0.2) is 24.5 Å². The summed E-state index contributed by atoms with van der Waals surface area (Å²) in [5.74, 6) is -0.392. The molecule has 0 amide bonds. The Morgan fingerprint density at radius 2 is 2.23 bits per heavy atom. The predicted molar refractivity (Wildman–Crippen MR) is 47.9 cm³/mol. The molecule has 0 aliphatic carbocycles. The zero-order valence-electron chi connectivity index (χ0n) is 7.43. The van der Waals surface area contributed by atoms with E-state index in [1.54, 1.807) is 12.4 Å². The molecule has 0 bridgehead atoms. The Morgan fingerprint density at radius 3 is 2.77 bits per heavy atom. The summed E-state index contributed by atoms with van der Waals surface area (Å²) in [6.07, 6.45) is 3.81. The largest absolute Gasteiger partial charge is 0.468 e. The Labute approximate surface area is 76.7 Å². The number of esters is 1. The summed E-state index contributed by atoms with van der Waals surface area (Å²) in [7, 11) is 1.33. The number of aromatic nitrogens is 1. The summed E-state index contributed by atoms with van der Waals surface area (Å²) in [5.41, 5.74) is 6.54. The molecule has 1 unspecified atom stereocenters. The summed E-state index contributed by atoms with van der Waals surface area (Å²) < 4.78 is 4.50. The van der Waals surface area contributed by atoms with Crippen LogP contribution in [0.3, 0.4) is 0 Å². The van der Waals surface area contributed by atoms with Gasteiger partial charge in [-0.1, -0.05) is 0 Å². The van der Waals surface area contributed by atoms with Crippen molar-refractivity contribution in [3.8, 4) is 0 Å². The van der Waals surface area contributed by atoms with E-state index < -0.39 is 12.0 Å². The molecule has 1 aromatic rings. The summed E-state index contributed by atoms with van der Waals surface area (Å²) in [4.78, 5) is 14.8. The van der Waals surface area contributed by atoms with Crippen LogP contribution in [0.2, 0.25) is 0 Å². The molecule has 2 N–H and O–H groups in total. The number of hydrogen-bond acceptors (Lipinski definition) is 4. The molecule has 1 atom stereocenters. The molecule has 0 aliphatic rings. The maximum atomic E-state index is 11.0. The van der Waals surface area contributed by atoms with Crippen LogP contribution in [0.5, 0.6) is 0 Å². The summed E-state index contributed by atoms with van der Waals surface area (Å²) in [5, 5.41) is 0. The highest BCUT2D eigenvalue weighted by molar-refractivity contribution is 5.75. The summed E-state index contributed by atoms with van der Waals surface area (Å²) in [6, 6.07) is 3.05. The van der Waals surface area contributed by atoms with Gasteiger partial charge in [-0.2, -0.15) is 0 Å². The van der Waals surface area contributed by atoms with Crippen LogP contribution < -0.4 is 5.73 Å². The lowest BCUT2D eigenvalue weighted by Gasteiger charge is -2.08. The molecule has 1 heterocycles. The van der Waals surface area contributed by atoms with Crippen molar-refractivity contribution in [3.05, 3.63) is 30.1 Å². The van der Waals surface area contributed by atoms with E-state index in [-0.39, 0.29) is 0 Å². The van der Waals surface area contributed by atoms with Crippen molar-refractivity contribution < 1.29 is 9.53 Å². The third-order valence-corrected chi connectivity index (χ3v) is 1.71. The number of ether oxygens (including phenoxy) is 1. The van der Waals surface area contributed by atoms with E-state index in [1.165, 1.54) is 7.11 Å². The van der Waals surface area contributed by atoms with Gasteiger partial charge < -0.3 is 10.5 Å². The maximum Gasteiger partial charge on any atom is 0.322 e. The van der Waals surface area contributed by atoms with Gasteiger partial charge in [-0.15, -0.1) is 0 Å². The highest BCUT2D eigenvalue weighted by Crippen LogP contribution is 2.00. The van der Waals surface area contributed by atoms with Gasteiger partial charge in [-0.25, -0.2) is 0 Å². The number of carbonyl (C=O) groups is 1. The molecule has 0 aliphatic heterocycles. The SMILES string of the molecule is COC(=O)C(N)Cc1ccncc1. The van der Waals surface area contributed by atoms with E-state index >= 15 is 0 Å². The Kier molecular flexibility index (Phi) is 3.40. The van der Waals surface area contributed by atoms with Crippen molar-refractivity contribution in [1.29, 1.82) is 0 Å². The lowest BCUT2D eigenvalue weighted by molar-refractivity contribution is -0.142. The zero-order chi connectivity index (χ0) is 9.68. The smallest absolute Gasteiger partial charge is 0.322 e. The van der Waals surface area contributed by atoms with Gasteiger partial charge >= 0.3 is 5.97 Å². The van der Waals surface area contributed by atoms with Crippen molar-refractivity contribution in [3.63, 3.8) is 0 Å². The van der Waals surface area contributed by atoms with Gasteiger partial charge in [0.15, 0.2) is 0 Å². The highest BCUT2D eigenvalue weighted by atomic mass is 16.5. The van der Waals surface area contributed by atoms with Gasteiger partial charge in [0, 0.05) is 12.4 Å². The van der Waals surface area contributed by atoms with Crippen LogP contribution in [-0.4, -0.2) is 24.1 Å². The first-order valence-electron chi connectivity index (χ1n) is 3.96. The minimum atomic E-state index is -0.590. The topological polar surface area (TPSA) is 65.2 Å². The zero-order valence-corrected chi connectivity index (χ0v) is 7.43. The number of nitrogens with zero attached hydrogens (tertiary/aromatic N) is 1. The van der Waals surface area contributed by atoms with E-state index in [4.69, 9.17) is 5.73 Å². The quantitative estimate of drug-likeness (QED) is 0.671. The van der Waals surface area contributed by atoms with Crippen molar-refractivity contribution in [2.24, 2.45) is 5.73 Å². The Morgan fingerprint density at radius 1 is 1.62 bits per heavy atom. The molecular formula is C9H12N2O2. The highest BCUT2D eigenvalue weighted by Gasteiger charge is 2.13. The molecule has 1 aromatic heterocycles. The van der Waals surface area contributed by atoms with Gasteiger partial charge in [0.1, 0.15) is 6.04 Å². The second-order valence-electron chi connectivity index (χ2n) is 2.69. The first-order valence-corrected chi connectivity index (χ1v) is 3.96. The van der Waals surface area contributed by atoms with Gasteiger partial charge in [-0.3, -0.25) is 9.78 Å². The molecule has 13 heavy (non-hydrogen) atoms. The van der Waals surface area contributed by atoms with E-state index in [0.717, 1.165) is 5.56 Å². The molecule has 0 saturated carbocycles. The monoisotopic (exact) mass is 180 g/mol. The molecule has 0 spiro atoms. The fraction of sp³-hybridized carbons (Fsp3) is 0.333. The van der Waals surface area contributed by atoms with Crippen LogP contribution in [0.4, 0.5) is 0 Å². The van der Waals surface area contributed by atoms with Crippen LogP contribution in [0.1, 0.15) is 5.56 Å². The molecule has 0 aromatic carbocycles. The third-order valence-electron chi connectivity index (χ3n) is 1.71. The number of rotatable bonds is 3. The van der Waals surface area contributed by atoms with Gasteiger partial charge in [0.05, 0.1) is 7.11 Å². The predicted octanol–water partition coefficient (Wildman–Crippen LogP) is 0.124. The molecule has 70 valence electrons. The molecule has 0 fully saturated rings. The van der Waals surface area contributed by atoms with Crippen molar-refractivity contribution in [2.75, 3.05) is 7.11 Å².